The van der Waals surface area contributed by atoms with Gasteiger partial charge in [0.2, 0.25) is 5.90 Å². The highest BCUT2D eigenvalue weighted by Crippen LogP contribution is 2.35. The van der Waals surface area contributed by atoms with Gasteiger partial charge in [-0.25, -0.2) is 0 Å². The van der Waals surface area contributed by atoms with Crippen LogP contribution in [0.3, 0.4) is 0 Å². The SMILES string of the molecule is CCOC(=N)C(O)c1c(OC)ccc2cc(OC)ccc12. The Labute approximate surface area is 123 Å². The fraction of sp³-hybridized carbons (Fsp3) is 0.312. The highest BCUT2D eigenvalue weighted by Gasteiger charge is 2.22. The highest BCUT2D eigenvalue weighted by molar-refractivity contribution is 5.93. The van der Waals surface area contributed by atoms with Crippen LogP contribution in [0.4, 0.5) is 0 Å². The van der Waals surface area contributed by atoms with Crippen molar-refractivity contribution in [3.63, 3.8) is 0 Å². The third-order valence-electron chi connectivity index (χ3n) is 3.27. The molecule has 21 heavy (non-hydrogen) atoms. The molecule has 0 aromatic heterocycles. The second-order valence-electron chi connectivity index (χ2n) is 4.47. The second-order valence-corrected chi connectivity index (χ2v) is 4.47. The lowest BCUT2D eigenvalue weighted by atomic mass is 9.98. The molecule has 0 amide bonds. The number of benzene rings is 2. The first-order chi connectivity index (χ1) is 10.1. The van der Waals surface area contributed by atoms with Crippen LogP contribution < -0.4 is 9.47 Å². The van der Waals surface area contributed by atoms with Gasteiger partial charge < -0.3 is 19.3 Å². The monoisotopic (exact) mass is 289 g/mol. The Morgan fingerprint density at radius 3 is 2.57 bits per heavy atom. The smallest absolute Gasteiger partial charge is 0.215 e. The number of rotatable bonds is 5. The molecule has 1 unspecified atom stereocenters. The lowest BCUT2D eigenvalue weighted by Gasteiger charge is -2.18. The summed E-state index contributed by atoms with van der Waals surface area (Å²) in [6, 6.07) is 9.17. The molecule has 5 heteroatoms. The molecule has 0 aliphatic carbocycles. The predicted molar refractivity (Wildman–Crippen MR) is 81.4 cm³/mol. The molecule has 0 saturated heterocycles. The number of nitrogens with one attached hydrogen (secondary N) is 1. The van der Waals surface area contributed by atoms with Crippen LogP contribution in [0.25, 0.3) is 10.8 Å². The van der Waals surface area contributed by atoms with E-state index >= 15 is 0 Å². The van der Waals surface area contributed by atoms with Gasteiger partial charge in [-0.15, -0.1) is 0 Å². The van der Waals surface area contributed by atoms with E-state index in [1.54, 1.807) is 20.1 Å². The van der Waals surface area contributed by atoms with E-state index in [-0.39, 0.29) is 5.90 Å². The van der Waals surface area contributed by atoms with E-state index < -0.39 is 6.10 Å². The summed E-state index contributed by atoms with van der Waals surface area (Å²) in [6.45, 7) is 2.10. The minimum absolute atomic E-state index is 0.195. The minimum Gasteiger partial charge on any atom is -0.497 e. The van der Waals surface area contributed by atoms with Gasteiger partial charge in [-0.2, -0.15) is 0 Å². The molecule has 112 valence electrons. The first-order valence-corrected chi connectivity index (χ1v) is 6.66. The molecular weight excluding hydrogens is 270 g/mol. The molecule has 0 radical (unpaired) electrons. The third-order valence-corrected chi connectivity index (χ3v) is 3.27. The number of hydrogen-bond donors (Lipinski definition) is 2. The maximum atomic E-state index is 10.4. The van der Waals surface area contributed by atoms with Crippen molar-refractivity contribution < 1.29 is 19.3 Å². The number of aliphatic hydroxyl groups is 1. The molecule has 0 aliphatic rings. The predicted octanol–water partition coefficient (Wildman–Crippen LogP) is 2.90. The Morgan fingerprint density at radius 2 is 1.95 bits per heavy atom. The molecule has 2 N–H and O–H groups in total. The van der Waals surface area contributed by atoms with Crippen LogP contribution in [0, 0.1) is 5.41 Å². The standard InChI is InChI=1S/C16H19NO4/c1-4-21-16(17)15(18)14-12-7-6-11(19-2)9-10(12)5-8-13(14)20-3/h5-9,15,17-18H,4H2,1-3H3. The van der Waals surface area contributed by atoms with Gasteiger partial charge in [0.05, 0.1) is 20.8 Å². The number of hydrogen-bond acceptors (Lipinski definition) is 5. The van der Waals surface area contributed by atoms with Crippen molar-refractivity contribution in [2.75, 3.05) is 20.8 Å². The van der Waals surface area contributed by atoms with Crippen molar-refractivity contribution in [3.05, 3.63) is 35.9 Å². The van der Waals surface area contributed by atoms with E-state index in [1.807, 2.05) is 24.3 Å². The Kier molecular flexibility index (Phi) is 4.65. The van der Waals surface area contributed by atoms with Crippen LogP contribution in [0.5, 0.6) is 11.5 Å². The van der Waals surface area contributed by atoms with Crippen molar-refractivity contribution in [2.24, 2.45) is 0 Å². The quantitative estimate of drug-likeness (QED) is 0.656. The average molecular weight is 289 g/mol. The van der Waals surface area contributed by atoms with Gasteiger partial charge in [-0.3, -0.25) is 5.41 Å². The van der Waals surface area contributed by atoms with E-state index in [9.17, 15) is 5.11 Å². The fourth-order valence-corrected chi connectivity index (χ4v) is 2.26. The molecule has 0 fully saturated rings. The van der Waals surface area contributed by atoms with Crippen molar-refractivity contribution >= 4 is 16.7 Å². The third kappa shape index (κ3) is 2.92. The van der Waals surface area contributed by atoms with Crippen LogP contribution in [0.15, 0.2) is 30.3 Å². The van der Waals surface area contributed by atoms with Crippen molar-refractivity contribution in [1.82, 2.24) is 0 Å². The summed E-state index contributed by atoms with van der Waals surface area (Å²) in [4.78, 5) is 0. The minimum atomic E-state index is -1.17. The molecule has 2 aromatic carbocycles. The van der Waals surface area contributed by atoms with Gasteiger partial charge in [0, 0.05) is 5.56 Å². The number of fused-ring (bicyclic) bond motifs is 1. The zero-order valence-electron chi connectivity index (χ0n) is 12.3. The zero-order chi connectivity index (χ0) is 15.4. The number of ether oxygens (including phenoxy) is 3. The summed E-state index contributed by atoms with van der Waals surface area (Å²) >= 11 is 0. The first kappa shape index (κ1) is 15.1. The number of methoxy groups -OCH3 is 2. The van der Waals surface area contributed by atoms with Crippen LogP contribution in [0.2, 0.25) is 0 Å². The van der Waals surface area contributed by atoms with E-state index in [1.165, 1.54) is 7.11 Å². The Bertz CT molecular complexity index is 654. The lowest BCUT2D eigenvalue weighted by molar-refractivity contribution is 0.188. The Balaban J connectivity index is 2.60. The summed E-state index contributed by atoms with van der Waals surface area (Å²) in [6.07, 6.45) is -1.17. The molecule has 0 heterocycles. The molecule has 1 atom stereocenters. The maximum Gasteiger partial charge on any atom is 0.215 e. The van der Waals surface area contributed by atoms with E-state index in [0.29, 0.717) is 17.9 Å². The summed E-state index contributed by atoms with van der Waals surface area (Å²) < 4.78 is 15.6. The highest BCUT2D eigenvalue weighted by atomic mass is 16.5. The molecule has 0 bridgehead atoms. The summed E-state index contributed by atoms with van der Waals surface area (Å²) in [5, 5.41) is 19.9. The average Bonchev–Trinajstić information content (AvgIpc) is 2.52. The van der Waals surface area contributed by atoms with Crippen molar-refractivity contribution in [1.29, 1.82) is 5.41 Å². The van der Waals surface area contributed by atoms with Gasteiger partial charge in [0.1, 0.15) is 11.5 Å². The molecule has 0 spiro atoms. The van der Waals surface area contributed by atoms with Crippen LogP contribution in [0.1, 0.15) is 18.6 Å². The van der Waals surface area contributed by atoms with E-state index in [4.69, 9.17) is 19.6 Å². The van der Waals surface area contributed by atoms with E-state index in [0.717, 1.165) is 16.5 Å². The van der Waals surface area contributed by atoms with Crippen LogP contribution >= 0.6 is 0 Å². The normalized spacial score (nSPS) is 12.0. The van der Waals surface area contributed by atoms with Gasteiger partial charge >= 0.3 is 0 Å². The fourth-order valence-electron chi connectivity index (χ4n) is 2.26. The molecule has 0 saturated carbocycles. The van der Waals surface area contributed by atoms with Crippen LogP contribution in [-0.2, 0) is 4.74 Å². The first-order valence-electron chi connectivity index (χ1n) is 6.66. The Hall–Kier alpha value is -2.27. The maximum absolute atomic E-state index is 10.4. The second kappa shape index (κ2) is 6.45. The van der Waals surface area contributed by atoms with Gasteiger partial charge in [-0.05, 0) is 35.9 Å². The van der Waals surface area contributed by atoms with Gasteiger partial charge in [0.15, 0.2) is 6.10 Å². The number of aliphatic hydroxyl groups excluding tert-OH is 1. The molecule has 2 rings (SSSR count). The molecule has 0 aliphatic heterocycles. The zero-order valence-corrected chi connectivity index (χ0v) is 12.3. The van der Waals surface area contributed by atoms with Gasteiger partial charge in [-0.1, -0.05) is 12.1 Å². The van der Waals surface area contributed by atoms with Gasteiger partial charge in [0.25, 0.3) is 0 Å². The summed E-state index contributed by atoms with van der Waals surface area (Å²) in [5.74, 6) is 1.05. The molecule has 5 nitrogen and oxygen atoms in total. The van der Waals surface area contributed by atoms with Crippen molar-refractivity contribution in [3.8, 4) is 11.5 Å². The largest absolute Gasteiger partial charge is 0.497 e. The Morgan fingerprint density at radius 1 is 1.19 bits per heavy atom. The topological polar surface area (TPSA) is 71.8 Å². The lowest BCUT2D eigenvalue weighted by Crippen LogP contribution is -2.16. The molecular formula is C16H19NO4. The van der Waals surface area contributed by atoms with E-state index in [2.05, 4.69) is 0 Å². The summed E-state index contributed by atoms with van der Waals surface area (Å²) in [5.41, 5.74) is 0.524. The molecule has 2 aromatic rings. The van der Waals surface area contributed by atoms with Crippen molar-refractivity contribution in [2.45, 2.75) is 13.0 Å². The van der Waals surface area contributed by atoms with Crippen LogP contribution in [-0.4, -0.2) is 31.8 Å². The summed E-state index contributed by atoms with van der Waals surface area (Å²) in [7, 11) is 3.14.